The van der Waals surface area contributed by atoms with Gasteiger partial charge in [-0.15, -0.1) is 0 Å². The van der Waals surface area contributed by atoms with Gasteiger partial charge in [0.15, 0.2) is 11.5 Å². The van der Waals surface area contributed by atoms with Crippen molar-refractivity contribution in [2.45, 2.75) is 19.6 Å². The molecule has 36 heavy (non-hydrogen) atoms. The molecule has 0 saturated heterocycles. The van der Waals surface area contributed by atoms with E-state index in [9.17, 15) is 10.1 Å². The third kappa shape index (κ3) is 5.68. The highest BCUT2D eigenvalue weighted by molar-refractivity contribution is 6.32. The topological polar surface area (TPSA) is 71.3 Å². The molecule has 0 aliphatic carbocycles. The van der Waals surface area contributed by atoms with Crippen LogP contribution in [0.25, 0.3) is 16.8 Å². The summed E-state index contributed by atoms with van der Waals surface area (Å²) in [6.45, 7) is 2.17. The minimum absolute atomic E-state index is 0.0414. The monoisotopic (exact) mass is 496 g/mol. The Hall–Kier alpha value is -4.27. The maximum Gasteiger partial charge on any atom is 0.262 e. The molecule has 0 aliphatic rings. The van der Waals surface area contributed by atoms with E-state index in [-0.39, 0.29) is 11.6 Å². The van der Waals surface area contributed by atoms with Crippen LogP contribution in [0.4, 0.5) is 0 Å². The fraction of sp³-hybridized carbons (Fsp3) is 0.133. The number of rotatable bonds is 8. The second-order valence-electron chi connectivity index (χ2n) is 8.24. The van der Waals surface area contributed by atoms with Crippen molar-refractivity contribution < 1.29 is 14.3 Å². The van der Waals surface area contributed by atoms with Crippen LogP contribution in [-0.2, 0) is 11.4 Å². The van der Waals surface area contributed by atoms with Crippen molar-refractivity contribution in [1.29, 1.82) is 5.26 Å². The Morgan fingerprint density at radius 1 is 1.06 bits per heavy atom. The summed E-state index contributed by atoms with van der Waals surface area (Å²) < 4.78 is 11.6. The van der Waals surface area contributed by atoms with Gasteiger partial charge < -0.3 is 14.8 Å². The summed E-state index contributed by atoms with van der Waals surface area (Å²) in [6, 6.07) is 28.7. The number of nitrogens with zero attached hydrogens (tertiary/aromatic N) is 1. The normalized spacial score (nSPS) is 12.0. The smallest absolute Gasteiger partial charge is 0.262 e. The van der Waals surface area contributed by atoms with Gasteiger partial charge in [0.2, 0.25) is 0 Å². The van der Waals surface area contributed by atoms with Crippen molar-refractivity contribution in [2.75, 3.05) is 7.11 Å². The van der Waals surface area contributed by atoms with Crippen molar-refractivity contribution in [3.8, 4) is 17.6 Å². The Balaban J connectivity index is 1.54. The molecular weight excluding hydrogens is 472 g/mol. The van der Waals surface area contributed by atoms with Gasteiger partial charge in [-0.25, -0.2) is 0 Å². The lowest BCUT2D eigenvalue weighted by molar-refractivity contribution is -0.117. The van der Waals surface area contributed by atoms with Crippen LogP contribution in [0, 0.1) is 11.3 Å². The first-order chi connectivity index (χ1) is 17.5. The Bertz CT molecular complexity index is 1450. The van der Waals surface area contributed by atoms with Gasteiger partial charge >= 0.3 is 0 Å². The molecule has 1 atom stereocenters. The van der Waals surface area contributed by atoms with E-state index in [4.69, 9.17) is 21.1 Å². The van der Waals surface area contributed by atoms with Gasteiger partial charge in [0.05, 0.1) is 18.2 Å². The number of benzene rings is 4. The lowest BCUT2D eigenvalue weighted by Gasteiger charge is -2.15. The predicted octanol–water partition coefficient (Wildman–Crippen LogP) is 6.87. The van der Waals surface area contributed by atoms with Crippen molar-refractivity contribution in [1.82, 2.24) is 5.32 Å². The molecule has 0 bridgehead atoms. The second kappa shape index (κ2) is 11.4. The first kappa shape index (κ1) is 24.8. The molecule has 4 rings (SSSR count). The molecule has 0 aromatic heterocycles. The number of carbonyl (C=O) groups excluding carboxylic acids is 1. The molecule has 4 aromatic carbocycles. The Kier molecular flexibility index (Phi) is 7.89. The van der Waals surface area contributed by atoms with Gasteiger partial charge in [0, 0.05) is 0 Å². The quantitative estimate of drug-likeness (QED) is 0.213. The molecule has 1 amide bonds. The summed E-state index contributed by atoms with van der Waals surface area (Å²) in [5, 5.41) is 15.0. The van der Waals surface area contributed by atoms with E-state index >= 15 is 0 Å². The minimum Gasteiger partial charge on any atom is -0.493 e. The number of hydrogen-bond acceptors (Lipinski definition) is 4. The number of methoxy groups -OCH3 is 1. The number of amides is 1. The molecule has 5 nitrogen and oxygen atoms in total. The third-order valence-electron chi connectivity index (χ3n) is 5.83. The number of nitrogens with one attached hydrogen (secondary N) is 1. The van der Waals surface area contributed by atoms with Gasteiger partial charge in [-0.1, -0.05) is 84.4 Å². The Morgan fingerprint density at radius 2 is 1.78 bits per heavy atom. The molecule has 180 valence electrons. The van der Waals surface area contributed by atoms with Crippen molar-refractivity contribution in [3.05, 3.63) is 112 Å². The zero-order chi connectivity index (χ0) is 25.5. The number of fused-ring (bicyclic) bond motifs is 1. The van der Waals surface area contributed by atoms with Crippen LogP contribution < -0.4 is 14.8 Å². The van der Waals surface area contributed by atoms with E-state index in [1.54, 1.807) is 12.1 Å². The van der Waals surface area contributed by atoms with Crippen molar-refractivity contribution in [3.63, 3.8) is 0 Å². The molecular formula is C30H25ClN2O3. The summed E-state index contributed by atoms with van der Waals surface area (Å²) in [5.74, 6) is 0.328. The van der Waals surface area contributed by atoms with Gasteiger partial charge in [0.1, 0.15) is 18.2 Å². The summed E-state index contributed by atoms with van der Waals surface area (Å²) in [6.07, 6.45) is 1.48. The number of nitriles is 1. The Morgan fingerprint density at radius 3 is 2.53 bits per heavy atom. The van der Waals surface area contributed by atoms with Crippen molar-refractivity contribution in [2.24, 2.45) is 0 Å². The summed E-state index contributed by atoms with van der Waals surface area (Å²) in [5.41, 5.74) is 2.47. The summed E-state index contributed by atoms with van der Waals surface area (Å²) in [4.78, 5) is 12.7. The fourth-order valence-corrected chi connectivity index (χ4v) is 4.22. The van der Waals surface area contributed by atoms with Crippen LogP contribution in [-0.4, -0.2) is 13.0 Å². The highest BCUT2D eigenvalue weighted by Crippen LogP contribution is 2.38. The maximum absolute atomic E-state index is 12.7. The fourth-order valence-electron chi connectivity index (χ4n) is 3.95. The molecule has 0 radical (unpaired) electrons. The lowest BCUT2D eigenvalue weighted by Crippen LogP contribution is -2.27. The van der Waals surface area contributed by atoms with E-state index in [1.807, 2.05) is 73.7 Å². The molecule has 4 aromatic rings. The molecule has 0 aliphatic heterocycles. The SMILES string of the molecule is COc1cc(/C=C(/C#N)C(=O)N[C@@H](C)c2ccccc2)cc(Cl)c1OCc1cccc2ccccc12. The van der Waals surface area contributed by atoms with E-state index in [2.05, 4.69) is 17.4 Å². The third-order valence-corrected chi connectivity index (χ3v) is 6.11. The van der Waals surface area contributed by atoms with E-state index in [0.717, 1.165) is 21.9 Å². The molecule has 1 N–H and O–H groups in total. The zero-order valence-electron chi connectivity index (χ0n) is 20.0. The first-order valence-corrected chi connectivity index (χ1v) is 11.8. The number of hydrogen-bond donors (Lipinski definition) is 1. The van der Waals surface area contributed by atoms with Crippen LogP contribution in [0.3, 0.4) is 0 Å². The first-order valence-electron chi connectivity index (χ1n) is 11.4. The summed E-state index contributed by atoms with van der Waals surface area (Å²) in [7, 11) is 1.52. The van der Waals surface area contributed by atoms with Crippen LogP contribution in [0.15, 0.2) is 90.5 Å². The van der Waals surface area contributed by atoms with Gasteiger partial charge in [-0.2, -0.15) is 5.26 Å². The number of halogens is 1. The Labute approximate surface area is 215 Å². The van der Waals surface area contributed by atoms with E-state index < -0.39 is 5.91 Å². The molecule has 0 fully saturated rings. The lowest BCUT2D eigenvalue weighted by atomic mass is 10.1. The molecule has 0 heterocycles. The molecule has 0 saturated carbocycles. The standard InChI is InChI=1S/C30H25ClN2O3/c1-20(22-9-4-3-5-10-22)33-30(34)25(18-32)15-21-16-27(31)29(28(17-21)35-2)36-19-24-13-8-12-23-11-6-7-14-26(23)24/h3-17,20H,19H2,1-2H3,(H,33,34)/b25-15-/t20-/m0/s1. The van der Waals surface area contributed by atoms with Gasteiger partial charge in [0.25, 0.3) is 5.91 Å². The summed E-state index contributed by atoms with van der Waals surface area (Å²) >= 11 is 6.55. The van der Waals surface area contributed by atoms with Crippen LogP contribution >= 0.6 is 11.6 Å². The number of ether oxygens (including phenoxy) is 2. The largest absolute Gasteiger partial charge is 0.493 e. The highest BCUT2D eigenvalue weighted by atomic mass is 35.5. The minimum atomic E-state index is -0.472. The molecule has 6 heteroatoms. The second-order valence-corrected chi connectivity index (χ2v) is 8.64. The van der Waals surface area contributed by atoms with Crippen LogP contribution in [0.1, 0.15) is 29.7 Å². The zero-order valence-corrected chi connectivity index (χ0v) is 20.8. The van der Waals surface area contributed by atoms with Gasteiger partial charge in [-0.05, 0) is 52.6 Å². The maximum atomic E-state index is 12.7. The molecule has 0 spiro atoms. The van der Waals surface area contributed by atoms with Crippen molar-refractivity contribution >= 4 is 34.4 Å². The average Bonchev–Trinajstić information content (AvgIpc) is 2.91. The number of carbonyl (C=O) groups is 1. The van der Waals surface area contributed by atoms with E-state index in [1.165, 1.54) is 13.2 Å². The van der Waals surface area contributed by atoms with Crippen LogP contribution in [0.5, 0.6) is 11.5 Å². The van der Waals surface area contributed by atoms with Gasteiger partial charge in [-0.3, -0.25) is 4.79 Å². The highest BCUT2D eigenvalue weighted by Gasteiger charge is 2.16. The average molecular weight is 497 g/mol. The van der Waals surface area contributed by atoms with Crippen LogP contribution in [0.2, 0.25) is 5.02 Å². The van der Waals surface area contributed by atoms with E-state index in [0.29, 0.717) is 28.7 Å². The predicted molar refractivity (Wildman–Crippen MR) is 143 cm³/mol. The molecule has 0 unspecified atom stereocenters.